The number of hydrogen-bond acceptors (Lipinski definition) is 5. The Labute approximate surface area is 184 Å². The number of halogens is 1. The Hall–Kier alpha value is -3.12. The second-order valence-electron chi connectivity index (χ2n) is 7.04. The first-order chi connectivity index (χ1) is 14.7. The summed E-state index contributed by atoms with van der Waals surface area (Å²) in [6.07, 6.45) is 6.01. The van der Waals surface area contributed by atoms with Gasteiger partial charge in [-0.25, -0.2) is 4.99 Å². The number of ether oxygens (including phenoxy) is 1. The lowest BCUT2D eigenvalue weighted by molar-refractivity contribution is 0.306. The van der Waals surface area contributed by atoms with Gasteiger partial charge in [-0.2, -0.15) is 10.5 Å². The maximum atomic E-state index is 9.62. The Morgan fingerprint density at radius 3 is 2.63 bits per heavy atom. The first-order valence-electron chi connectivity index (χ1n) is 9.68. The summed E-state index contributed by atoms with van der Waals surface area (Å²) in [4.78, 5) is 5.91. The van der Waals surface area contributed by atoms with E-state index >= 15 is 0 Å². The van der Waals surface area contributed by atoms with Crippen molar-refractivity contribution in [1.82, 2.24) is 0 Å². The second-order valence-corrected chi connectivity index (χ2v) is 8.56. The third-order valence-corrected chi connectivity index (χ3v) is 6.47. The molecule has 4 nitrogen and oxygen atoms in total. The molecule has 0 atom stereocenters. The summed E-state index contributed by atoms with van der Waals surface area (Å²) in [6, 6.07) is 17.1. The maximum absolute atomic E-state index is 9.62. The molecule has 6 heteroatoms. The minimum atomic E-state index is 0.366. The highest BCUT2D eigenvalue weighted by atomic mass is 35.5. The van der Waals surface area contributed by atoms with Gasteiger partial charge >= 0.3 is 0 Å². The molecule has 1 aliphatic rings. The van der Waals surface area contributed by atoms with Gasteiger partial charge in [0.15, 0.2) is 0 Å². The van der Waals surface area contributed by atoms with E-state index in [2.05, 4.69) is 17.1 Å². The fourth-order valence-corrected chi connectivity index (χ4v) is 4.84. The predicted octanol–water partition coefficient (Wildman–Crippen LogP) is 6.35. The molecule has 0 amide bonds. The third-order valence-electron chi connectivity index (χ3n) is 5.03. The third kappa shape index (κ3) is 4.39. The monoisotopic (exact) mass is 431 g/mol. The first-order valence-corrected chi connectivity index (χ1v) is 10.9. The standard InChI is InChI=1S/C24H18ClN3OS/c25-19-9-10-22(29-15-17-7-5-16(12-26)6-8-17)18(11-19)14-28-24-21(13-27)20-3-1-2-4-23(20)30-24/h5-11,14H,1-4,15H2. The topological polar surface area (TPSA) is 69.2 Å². The van der Waals surface area contributed by atoms with Gasteiger partial charge in [0.25, 0.3) is 0 Å². The van der Waals surface area contributed by atoms with Crippen LogP contribution in [0.4, 0.5) is 5.00 Å². The SMILES string of the molecule is N#Cc1ccc(COc2ccc(Cl)cc2C=Nc2sc3c(c2C#N)CCCC3)cc1. The average Bonchev–Trinajstić information content (AvgIpc) is 3.14. The summed E-state index contributed by atoms with van der Waals surface area (Å²) in [5, 5.41) is 19.9. The van der Waals surface area contributed by atoms with Crippen LogP contribution in [-0.4, -0.2) is 6.21 Å². The van der Waals surface area contributed by atoms with Crippen molar-refractivity contribution >= 4 is 34.2 Å². The molecule has 0 aliphatic heterocycles. The number of aryl methyl sites for hydroxylation is 1. The number of hydrogen-bond donors (Lipinski definition) is 0. The molecule has 0 radical (unpaired) electrons. The number of thiophene rings is 1. The van der Waals surface area contributed by atoms with E-state index in [4.69, 9.17) is 21.6 Å². The van der Waals surface area contributed by atoms with Crippen molar-refractivity contribution in [2.24, 2.45) is 4.99 Å². The lowest BCUT2D eigenvalue weighted by Gasteiger charge is -2.10. The van der Waals surface area contributed by atoms with Crippen molar-refractivity contribution in [3.63, 3.8) is 0 Å². The van der Waals surface area contributed by atoms with Gasteiger partial charge in [-0.05, 0) is 67.1 Å². The van der Waals surface area contributed by atoms with Crippen LogP contribution >= 0.6 is 22.9 Å². The molecule has 0 spiro atoms. The largest absolute Gasteiger partial charge is 0.488 e. The highest BCUT2D eigenvalue weighted by Crippen LogP contribution is 2.39. The Morgan fingerprint density at radius 2 is 1.87 bits per heavy atom. The fourth-order valence-electron chi connectivity index (χ4n) is 3.47. The summed E-state index contributed by atoms with van der Waals surface area (Å²) < 4.78 is 5.98. The molecule has 1 aromatic heterocycles. The van der Waals surface area contributed by atoms with Crippen LogP contribution in [0, 0.1) is 22.7 Å². The molecule has 4 rings (SSSR count). The highest BCUT2D eigenvalue weighted by molar-refractivity contribution is 7.16. The van der Waals surface area contributed by atoms with Crippen LogP contribution in [0.5, 0.6) is 5.75 Å². The van der Waals surface area contributed by atoms with Crippen LogP contribution in [0.1, 0.15) is 45.5 Å². The molecule has 1 aliphatic carbocycles. The number of fused-ring (bicyclic) bond motifs is 1. The Bertz CT molecular complexity index is 1180. The Balaban J connectivity index is 1.57. The van der Waals surface area contributed by atoms with Gasteiger partial charge in [0, 0.05) is 21.7 Å². The van der Waals surface area contributed by atoms with E-state index in [0.717, 1.165) is 35.4 Å². The summed E-state index contributed by atoms with van der Waals surface area (Å²) in [5.74, 6) is 0.660. The molecule has 0 bridgehead atoms. The van der Waals surface area contributed by atoms with E-state index in [0.29, 0.717) is 28.5 Å². The molecule has 30 heavy (non-hydrogen) atoms. The molecular weight excluding hydrogens is 414 g/mol. The van der Waals surface area contributed by atoms with Crippen molar-refractivity contribution in [3.05, 3.63) is 80.2 Å². The molecule has 0 fully saturated rings. The van der Waals surface area contributed by atoms with E-state index in [-0.39, 0.29) is 0 Å². The number of nitrogens with zero attached hydrogens (tertiary/aromatic N) is 3. The van der Waals surface area contributed by atoms with E-state index in [1.165, 1.54) is 16.9 Å². The molecule has 148 valence electrons. The lowest BCUT2D eigenvalue weighted by Crippen LogP contribution is -1.99. The van der Waals surface area contributed by atoms with Gasteiger partial charge in [-0.3, -0.25) is 0 Å². The van der Waals surface area contributed by atoms with Crippen molar-refractivity contribution < 1.29 is 4.74 Å². The number of aliphatic imine (C=N–C) groups is 1. The molecule has 3 aromatic rings. The Morgan fingerprint density at radius 1 is 1.07 bits per heavy atom. The van der Waals surface area contributed by atoms with E-state index in [9.17, 15) is 5.26 Å². The summed E-state index contributed by atoms with van der Waals surface area (Å²) in [6.45, 7) is 0.366. The lowest BCUT2D eigenvalue weighted by atomic mass is 9.96. The van der Waals surface area contributed by atoms with E-state index in [1.54, 1.807) is 41.8 Å². The van der Waals surface area contributed by atoms with E-state index in [1.807, 2.05) is 18.2 Å². The molecular formula is C24H18ClN3OS. The average molecular weight is 432 g/mol. The van der Waals surface area contributed by atoms with Crippen LogP contribution in [0.15, 0.2) is 47.5 Å². The number of benzene rings is 2. The van der Waals surface area contributed by atoms with Crippen LogP contribution < -0.4 is 4.74 Å². The van der Waals surface area contributed by atoms with Crippen molar-refractivity contribution in [3.8, 4) is 17.9 Å². The van der Waals surface area contributed by atoms with Crippen molar-refractivity contribution in [2.75, 3.05) is 0 Å². The van der Waals surface area contributed by atoms with E-state index < -0.39 is 0 Å². The van der Waals surface area contributed by atoms with Gasteiger partial charge in [0.2, 0.25) is 0 Å². The molecule has 0 saturated carbocycles. The zero-order valence-electron chi connectivity index (χ0n) is 16.2. The summed E-state index contributed by atoms with van der Waals surface area (Å²) in [5.41, 5.74) is 4.21. The second kappa shape index (κ2) is 9.13. The molecule has 2 aromatic carbocycles. The van der Waals surface area contributed by atoms with Gasteiger partial charge in [-0.15, -0.1) is 11.3 Å². The van der Waals surface area contributed by atoms with Gasteiger partial charge in [0.05, 0.1) is 17.2 Å². The summed E-state index contributed by atoms with van der Waals surface area (Å²) >= 11 is 7.80. The molecule has 0 N–H and O–H groups in total. The van der Waals surface area contributed by atoms with Crippen molar-refractivity contribution in [2.45, 2.75) is 32.3 Å². The Kier molecular flexibility index (Phi) is 6.14. The molecule has 0 unspecified atom stereocenters. The van der Waals surface area contributed by atoms with Gasteiger partial charge in [-0.1, -0.05) is 23.7 Å². The van der Waals surface area contributed by atoms with Crippen LogP contribution in [0.3, 0.4) is 0 Å². The predicted molar refractivity (Wildman–Crippen MR) is 120 cm³/mol. The fraction of sp³-hybridized carbons (Fsp3) is 0.208. The summed E-state index contributed by atoms with van der Waals surface area (Å²) in [7, 11) is 0. The normalized spacial score (nSPS) is 12.9. The quantitative estimate of drug-likeness (QED) is 0.441. The zero-order chi connectivity index (χ0) is 20.9. The first kappa shape index (κ1) is 20.2. The number of rotatable bonds is 5. The molecule has 0 saturated heterocycles. The van der Waals surface area contributed by atoms with Crippen LogP contribution in [0.2, 0.25) is 5.02 Å². The zero-order valence-corrected chi connectivity index (χ0v) is 17.8. The highest BCUT2D eigenvalue weighted by Gasteiger charge is 2.20. The van der Waals surface area contributed by atoms with Gasteiger partial charge < -0.3 is 4.74 Å². The number of nitriles is 2. The van der Waals surface area contributed by atoms with Crippen molar-refractivity contribution in [1.29, 1.82) is 10.5 Å². The molecule has 1 heterocycles. The minimum absolute atomic E-state index is 0.366. The van der Waals surface area contributed by atoms with Crippen LogP contribution in [0.25, 0.3) is 0 Å². The maximum Gasteiger partial charge on any atom is 0.134 e. The smallest absolute Gasteiger partial charge is 0.134 e. The van der Waals surface area contributed by atoms with Gasteiger partial charge in [0.1, 0.15) is 23.4 Å². The minimum Gasteiger partial charge on any atom is -0.488 e. The van der Waals surface area contributed by atoms with Crippen LogP contribution in [-0.2, 0) is 19.4 Å².